The highest BCUT2D eigenvalue weighted by molar-refractivity contribution is 7.09. The van der Waals surface area contributed by atoms with E-state index >= 15 is 0 Å². The Morgan fingerprint density at radius 1 is 1.50 bits per heavy atom. The van der Waals surface area contributed by atoms with Gasteiger partial charge in [-0.05, 0) is 25.3 Å². The standard InChI is InChI=1S/C12H17N3O2S/c1-9-13-10(2)15(14-9)6-11(16)7-17-8-12-4-3-5-18-12/h3-5,11,16H,6-8H2,1-2H3. The van der Waals surface area contributed by atoms with E-state index in [-0.39, 0.29) is 0 Å². The molecule has 98 valence electrons. The largest absolute Gasteiger partial charge is 0.389 e. The summed E-state index contributed by atoms with van der Waals surface area (Å²) in [5.41, 5.74) is 0. The van der Waals surface area contributed by atoms with Crippen molar-refractivity contribution in [3.05, 3.63) is 34.0 Å². The van der Waals surface area contributed by atoms with E-state index in [1.807, 2.05) is 31.4 Å². The molecule has 1 N–H and O–H groups in total. The minimum absolute atomic E-state index is 0.302. The monoisotopic (exact) mass is 267 g/mol. The number of hydrogen-bond acceptors (Lipinski definition) is 5. The Morgan fingerprint density at radius 3 is 2.94 bits per heavy atom. The van der Waals surface area contributed by atoms with Crippen molar-refractivity contribution in [2.24, 2.45) is 0 Å². The van der Waals surface area contributed by atoms with Gasteiger partial charge in [-0.1, -0.05) is 6.07 Å². The minimum Gasteiger partial charge on any atom is -0.389 e. The first kappa shape index (κ1) is 13.2. The molecule has 1 unspecified atom stereocenters. The predicted octanol–water partition coefficient (Wildman–Crippen LogP) is 1.53. The van der Waals surface area contributed by atoms with Gasteiger partial charge < -0.3 is 9.84 Å². The average Bonchev–Trinajstić information content (AvgIpc) is 2.90. The summed E-state index contributed by atoms with van der Waals surface area (Å²) in [4.78, 5) is 5.35. The van der Waals surface area contributed by atoms with E-state index < -0.39 is 6.10 Å². The summed E-state index contributed by atoms with van der Waals surface area (Å²) in [7, 11) is 0. The van der Waals surface area contributed by atoms with Crippen LogP contribution in [0.25, 0.3) is 0 Å². The number of aliphatic hydroxyl groups is 1. The third-order valence-corrected chi connectivity index (χ3v) is 3.33. The lowest BCUT2D eigenvalue weighted by Gasteiger charge is -2.11. The molecule has 0 aliphatic heterocycles. The van der Waals surface area contributed by atoms with Crippen LogP contribution >= 0.6 is 11.3 Å². The Hall–Kier alpha value is -1.24. The van der Waals surface area contributed by atoms with Crippen LogP contribution in [0.15, 0.2) is 17.5 Å². The van der Waals surface area contributed by atoms with Crippen LogP contribution in [0.3, 0.4) is 0 Å². The average molecular weight is 267 g/mol. The molecule has 2 rings (SSSR count). The Morgan fingerprint density at radius 2 is 2.33 bits per heavy atom. The third kappa shape index (κ3) is 3.63. The molecular formula is C12H17N3O2S. The number of hydrogen-bond donors (Lipinski definition) is 1. The number of rotatable bonds is 6. The van der Waals surface area contributed by atoms with Gasteiger partial charge in [-0.15, -0.1) is 11.3 Å². The van der Waals surface area contributed by atoms with Crippen molar-refractivity contribution >= 4 is 11.3 Å². The molecule has 2 aromatic heterocycles. The van der Waals surface area contributed by atoms with Crippen molar-refractivity contribution in [2.45, 2.75) is 33.1 Å². The van der Waals surface area contributed by atoms with Crippen molar-refractivity contribution in [2.75, 3.05) is 6.61 Å². The molecule has 0 radical (unpaired) electrons. The summed E-state index contributed by atoms with van der Waals surface area (Å²) in [6, 6.07) is 4.00. The van der Waals surface area contributed by atoms with Gasteiger partial charge in [-0.2, -0.15) is 5.10 Å². The number of aryl methyl sites for hydroxylation is 2. The zero-order valence-corrected chi connectivity index (χ0v) is 11.4. The van der Waals surface area contributed by atoms with Gasteiger partial charge in [0.05, 0.1) is 25.9 Å². The molecule has 5 nitrogen and oxygen atoms in total. The Kier molecular flexibility index (Phi) is 4.46. The number of aliphatic hydroxyl groups excluding tert-OH is 1. The second-order valence-electron chi connectivity index (χ2n) is 4.14. The fourth-order valence-corrected chi connectivity index (χ4v) is 2.32. The van der Waals surface area contributed by atoms with Crippen molar-refractivity contribution in [1.29, 1.82) is 0 Å². The van der Waals surface area contributed by atoms with Crippen LogP contribution in [-0.2, 0) is 17.9 Å². The van der Waals surface area contributed by atoms with E-state index in [0.29, 0.717) is 19.8 Å². The molecule has 0 saturated carbocycles. The zero-order valence-electron chi connectivity index (χ0n) is 10.5. The van der Waals surface area contributed by atoms with Gasteiger partial charge >= 0.3 is 0 Å². The highest BCUT2D eigenvalue weighted by Gasteiger charge is 2.09. The lowest BCUT2D eigenvalue weighted by atomic mass is 10.4. The Bertz CT molecular complexity index is 481. The maximum atomic E-state index is 9.85. The van der Waals surface area contributed by atoms with Gasteiger partial charge in [0.1, 0.15) is 11.6 Å². The summed E-state index contributed by atoms with van der Waals surface area (Å²) >= 11 is 1.65. The van der Waals surface area contributed by atoms with Crippen molar-refractivity contribution in [3.8, 4) is 0 Å². The van der Waals surface area contributed by atoms with Gasteiger partial charge in [0, 0.05) is 4.88 Å². The molecule has 6 heteroatoms. The van der Waals surface area contributed by atoms with E-state index in [1.54, 1.807) is 16.0 Å². The molecule has 0 fully saturated rings. The highest BCUT2D eigenvalue weighted by Crippen LogP contribution is 2.09. The number of ether oxygens (including phenoxy) is 1. The molecular weight excluding hydrogens is 250 g/mol. The normalized spacial score (nSPS) is 12.8. The van der Waals surface area contributed by atoms with Crippen molar-refractivity contribution in [3.63, 3.8) is 0 Å². The van der Waals surface area contributed by atoms with E-state index in [9.17, 15) is 5.11 Å². The number of aromatic nitrogens is 3. The van der Waals surface area contributed by atoms with Crippen LogP contribution in [0.2, 0.25) is 0 Å². The lowest BCUT2D eigenvalue weighted by molar-refractivity contribution is 0.0192. The lowest BCUT2D eigenvalue weighted by Crippen LogP contribution is -2.23. The zero-order chi connectivity index (χ0) is 13.0. The number of nitrogens with zero attached hydrogens (tertiary/aromatic N) is 3. The molecule has 0 aromatic carbocycles. The summed E-state index contributed by atoms with van der Waals surface area (Å²) < 4.78 is 7.16. The fraction of sp³-hybridized carbons (Fsp3) is 0.500. The molecule has 0 aliphatic carbocycles. The Labute approximate surface area is 110 Å². The summed E-state index contributed by atoms with van der Waals surface area (Å²) in [6.07, 6.45) is -0.565. The van der Waals surface area contributed by atoms with Crippen LogP contribution in [0.5, 0.6) is 0 Å². The first-order valence-electron chi connectivity index (χ1n) is 5.81. The fourth-order valence-electron chi connectivity index (χ4n) is 1.68. The SMILES string of the molecule is Cc1nc(C)n(CC(O)COCc2cccs2)n1. The maximum Gasteiger partial charge on any atom is 0.147 e. The van der Waals surface area contributed by atoms with E-state index in [1.165, 1.54) is 0 Å². The molecule has 0 aliphatic rings. The quantitative estimate of drug-likeness (QED) is 0.862. The second kappa shape index (κ2) is 6.08. The summed E-state index contributed by atoms with van der Waals surface area (Å²) in [5.74, 6) is 1.53. The van der Waals surface area contributed by atoms with Gasteiger partial charge in [-0.25, -0.2) is 9.67 Å². The highest BCUT2D eigenvalue weighted by atomic mass is 32.1. The predicted molar refractivity (Wildman–Crippen MR) is 69.5 cm³/mol. The second-order valence-corrected chi connectivity index (χ2v) is 5.17. The molecule has 0 spiro atoms. The van der Waals surface area contributed by atoms with Crippen LogP contribution in [0.1, 0.15) is 16.5 Å². The minimum atomic E-state index is -0.565. The molecule has 0 bridgehead atoms. The van der Waals surface area contributed by atoms with Crippen molar-refractivity contribution in [1.82, 2.24) is 14.8 Å². The molecule has 1 atom stereocenters. The smallest absolute Gasteiger partial charge is 0.147 e. The van der Waals surface area contributed by atoms with Crippen LogP contribution in [-0.4, -0.2) is 32.6 Å². The van der Waals surface area contributed by atoms with E-state index in [2.05, 4.69) is 10.1 Å². The first-order chi connectivity index (χ1) is 8.65. The van der Waals surface area contributed by atoms with Crippen LogP contribution in [0.4, 0.5) is 0 Å². The topological polar surface area (TPSA) is 60.2 Å². The van der Waals surface area contributed by atoms with Gasteiger partial charge in [-0.3, -0.25) is 0 Å². The summed E-state index contributed by atoms with van der Waals surface area (Å²) in [5, 5.41) is 16.1. The summed E-state index contributed by atoms with van der Waals surface area (Å²) in [6.45, 7) is 4.97. The molecule has 18 heavy (non-hydrogen) atoms. The van der Waals surface area contributed by atoms with Gasteiger partial charge in [0.2, 0.25) is 0 Å². The van der Waals surface area contributed by atoms with Crippen molar-refractivity contribution < 1.29 is 9.84 Å². The first-order valence-corrected chi connectivity index (χ1v) is 6.69. The van der Waals surface area contributed by atoms with Crippen LogP contribution < -0.4 is 0 Å². The molecule has 0 amide bonds. The maximum absolute atomic E-state index is 9.85. The van der Waals surface area contributed by atoms with Gasteiger partial charge in [0.15, 0.2) is 0 Å². The van der Waals surface area contributed by atoms with Gasteiger partial charge in [0.25, 0.3) is 0 Å². The van der Waals surface area contributed by atoms with E-state index in [4.69, 9.17) is 4.74 Å². The molecule has 2 aromatic rings. The number of thiophene rings is 1. The molecule has 0 saturated heterocycles. The van der Waals surface area contributed by atoms with E-state index in [0.717, 1.165) is 16.5 Å². The third-order valence-electron chi connectivity index (χ3n) is 2.48. The van der Waals surface area contributed by atoms with Crippen LogP contribution in [0, 0.1) is 13.8 Å². The molecule has 2 heterocycles. The Balaban J connectivity index is 1.75.